The van der Waals surface area contributed by atoms with E-state index in [0.29, 0.717) is 89.8 Å². The summed E-state index contributed by atoms with van der Waals surface area (Å²) in [6.07, 6.45) is 2.99. The summed E-state index contributed by atoms with van der Waals surface area (Å²) in [7, 11) is 0. The Balaban J connectivity index is 1.61. The number of carboxylic acids is 1. The van der Waals surface area contributed by atoms with Crippen molar-refractivity contribution >= 4 is 40.7 Å². The monoisotopic (exact) mass is 568 g/mol. The Hall–Kier alpha value is -3.29. The number of hydrogen-bond acceptors (Lipinski definition) is 7. The maximum atomic E-state index is 13.4. The van der Waals surface area contributed by atoms with Gasteiger partial charge in [0, 0.05) is 46.3 Å². The van der Waals surface area contributed by atoms with Gasteiger partial charge in [0.15, 0.2) is 23.1 Å². The van der Waals surface area contributed by atoms with Gasteiger partial charge in [-0.25, -0.2) is 0 Å². The van der Waals surface area contributed by atoms with E-state index in [4.69, 9.17) is 32.7 Å². The van der Waals surface area contributed by atoms with E-state index in [9.17, 15) is 19.5 Å². The van der Waals surface area contributed by atoms with Crippen LogP contribution in [0.3, 0.4) is 0 Å². The Labute approximate surface area is 237 Å². The predicted molar refractivity (Wildman–Crippen MR) is 145 cm³/mol. The number of ketones is 2. The van der Waals surface area contributed by atoms with Gasteiger partial charge < -0.3 is 24.3 Å². The van der Waals surface area contributed by atoms with Crippen LogP contribution in [0.4, 0.5) is 0 Å². The predicted octanol–water partition coefficient (Wildman–Crippen LogP) is 5.13. The fraction of sp³-hybridized carbons (Fsp3) is 0.367. The molecule has 0 bridgehead atoms. The second-order valence-electron chi connectivity index (χ2n) is 9.84. The molecule has 0 spiro atoms. The number of carbonyl (C=O) groups excluding carboxylic acids is 3. The normalized spacial score (nSPS) is 17.8. The van der Waals surface area contributed by atoms with E-state index in [-0.39, 0.29) is 23.2 Å². The third-order valence-electron chi connectivity index (χ3n) is 7.34. The van der Waals surface area contributed by atoms with Crippen LogP contribution in [0.25, 0.3) is 0 Å². The van der Waals surface area contributed by atoms with Crippen molar-refractivity contribution < 1.29 is 29.0 Å². The summed E-state index contributed by atoms with van der Waals surface area (Å²) in [6, 6.07) is 10.8. The molecular formula is C30H28Cl2NO6-. The second-order valence-corrected chi connectivity index (χ2v) is 10.7. The zero-order valence-corrected chi connectivity index (χ0v) is 23.1. The molecule has 3 aliphatic rings. The largest absolute Gasteiger partial charge is 0.548 e. The van der Waals surface area contributed by atoms with Gasteiger partial charge in [-0.15, -0.1) is 0 Å². The highest BCUT2D eigenvalue weighted by molar-refractivity contribution is 6.32. The first-order valence-corrected chi connectivity index (χ1v) is 13.9. The van der Waals surface area contributed by atoms with Crippen LogP contribution in [-0.2, 0) is 21.0 Å². The molecule has 2 aliphatic carbocycles. The highest BCUT2D eigenvalue weighted by Crippen LogP contribution is 2.51. The van der Waals surface area contributed by atoms with E-state index in [1.165, 1.54) is 0 Å². The van der Waals surface area contributed by atoms with Gasteiger partial charge in [0.2, 0.25) is 0 Å². The Morgan fingerprint density at radius 3 is 2.13 bits per heavy atom. The minimum Gasteiger partial charge on any atom is -0.548 e. The standard InChI is InChI=1S/C30H29Cl2NO6/c1-2-38-25-14-18(13-20(32)30(25)39-16-17-9-11-19(31)12-10-17)27-28-21(5-3-7-23(28)34)33(15-26(36)37)22-6-4-8-24(35)29(22)27/h9-14,27H,2-8,15-16H2,1H3,(H,36,37)/p-1. The van der Waals surface area contributed by atoms with Crippen molar-refractivity contribution in [1.29, 1.82) is 0 Å². The molecule has 0 saturated heterocycles. The molecule has 2 aromatic carbocycles. The van der Waals surface area contributed by atoms with Crippen molar-refractivity contribution in [3.8, 4) is 11.5 Å². The van der Waals surface area contributed by atoms with Gasteiger partial charge in [0.05, 0.1) is 24.1 Å². The first-order valence-electron chi connectivity index (χ1n) is 13.1. The maximum Gasteiger partial charge on any atom is 0.180 e. The molecule has 7 nitrogen and oxygen atoms in total. The summed E-state index contributed by atoms with van der Waals surface area (Å²) in [5, 5.41) is 12.6. The highest BCUT2D eigenvalue weighted by Gasteiger charge is 2.43. The molecule has 9 heteroatoms. The van der Waals surface area contributed by atoms with Crippen LogP contribution in [0, 0.1) is 0 Å². The van der Waals surface area contributed by atoms with Crippen LogP contribution < -0.4 is 14.6 Å². The van der Waals surface area contributed by atoms with Crippen molar-refractivity contribution in [2.75, 3.05) is 13.2 Å². The molecule has 0 aromatic heterocycles. The summed E-state index contributed by atoms with van der Waals surface area (Å²) in [6.45, 7) is 2.03. The van der Waals surface area contributed by atoms with E-state index in [1.807, 2.05) is 19.1 Å². The average molecular weight is 569 g/mol. The van der Waals surface area contributed by atoms with Gasteiger partial charge in [-0.1, -0.05) is 35.3 Å². The fourth-order valence-electron chi connectivity index (χ4n) is 5.76. The first kappa shape index (κ1) is 27.3. The zero-order chi connectivity index (χ0) is 27.7. The third kappa shape index (κ3) is 5.43. The van der Waals surface area contributed by atoms with Gasteiger partial charge in [-0.05, 0) is 68.0 Å². The minimum absolute atomic E-state index is 0.0910. The molecule has 0 saturated carbocycles. The first-order chi connectivity index (χ1) is 18.8. The maximum absolute atomic E-state index is 13.4. The molecule has 39 heavy (non-hydrogen) atoms. The molecule has 0 fully saturated rings. The van der Waals surface area contributed by atoms with E-state index in [2.05, 4.69) is 0 Å². The Morgan fingerprint density at radius 2 is 1.56 bits per heavy atom. The van der Waals surface area contributed by atoms with Crippen molar-refractivity contribution in [3.63, 3.8) is 0 Å². The smallest absolute Gasteiger partial charge is 0.180 e. The van der Waals surface area contributed by atoms with Crippen LogP contribution in [0.15, 0.2) is 58.9 Å². The third-order valence-corrected chi connectivity index (χ3v) is 7.87. The summed E-state index contributed by atoms with van der Waals surface area (Å²) < 4.78 is 12.0. The lowest BCUT2D eigenvalue weighted by Gasteiger charge is -2.44. The lowest BCUT2D eigenvalue weighted by molar-refractivity contribution is -0.305. The number of Topliss-reactive ketones (excluding diaryl/α,β-unsaturated/α-hetero) is 2. The summed E-state index contributed by atoms with van der Waals surface area (Å²) in [4.78, 5) is 40.1. The van der Waals surface area contributed by atoms with Gasteiger partial charge in [0.1, 0.15) is 6.61 Å². The summed E-state index contributed by atoms with van der Waals surface area (Å²) >= 11 is 12.8. The number of hydrogen-bond donors (Lipinski definition) is 0. The summed E-state index contributed by atoms with van der Waals surface area (Å²) in [5.41, 5.74) is 3.78. The molecule has 0 amide bonds. The number of aliphatic carboxylic acids is 1. The van der Waals surface area contributed by atoms with Crippen molar-refractivity contribution in [3.05, 3.63) is 80.1 Å². The number of benzene rings is 2. The van der Waals surface area contributed by atoms with Crippen LogP contribution in [0.1, 0.15) is 62.5 Å². The van der Waals surface area contributed by atoms with Gasteiger partial charge in [0.25, 0.3) is 0 Å². The molecule has 0 unspecified atom stereocenters. The Kier molecular flexibility index (Phi) is 8.01. The molecular weight excluding hydrogens is 541 g/mol. The number of halogens is 2. The lowest BCUT2D eigenvalue weighted by Crippen LogP contribution is -2.44. The SMILES string of the molecule is CCOc1cc(C2C3=C(CCCC3=O)N(CC(=O)[O-])C3=C2C(=O)CCC3)cc(Cl)c1OCc1ccc(Cl)cc1. The quantitative estimate of drug-likeness (QED) is 0.435. The molecule has 5 rings (SSSR count). The van der Waals surface area contributed by atoms with Crippen LogP contribution in [-0.4, -0.2) is 35.6 Å². The van der Waals surface area contributed by atoms with Gasteiger partial charge >= 0.3 is 0 Å². The second kappa shape index (κ2) is 11.4. The zero-order valence-electron chi connectivity index (χ0n) is 21.6. The molecule has 1 aliphatic heterocycles. The fourth-order valence-corrected chi connectivity index (χ4v) is 6.16. The van der Waals surface area contributed by atoms with Crippen LogP contribution in [0.5, 0.6) is 11.5 Å². The Morgan fingerprint density at radius 1 is 0.949 bits per heavy atom. The number of carboxylic acid groups (broad SMARTS) is 1. The molecule has 1 heterocycles. The van der Waals surface area contributed by atoms with E-state index in [1.54, 1.807) is 29.2 Å². The van der Waals surface area contributed by atoms with Crippen molar-refractivity contribution in [2.24, 2.45) is 0 Å². The van der Waals surface area contributed by atoms with E-state index < -0.39 is 18.4 Å². The summed E-state index contributed by atoms with van der Waals surface area (Å²) in [5.74, 6) is -1.33. The highest BCUT2D eigenvalue weighted by atomic mass is 35.5. The van der Waals surface area contributed by atoms with Crippen LogP contribution in [0.2, 0.25) is 10.0 Å². The van der Waals surface area contributed by atoms with E-state index >= 15 is 0 Å². The average Bonchev–Trinajstić information content (AvgIpc) is 2.90. The molecule has 2 aromatic rings. The number of rotatable bonds is 8. The minimum atomic E-state index is -1.26. The number of nitrogens with zero attached hydrogens (tertiary/aromatic N) is 1. The lowest BCUT2D eigenvalue weighted by atomic mass is 9.71. The molecule has 0 N–H and O–H groups in total. The number of carbonyl (C=O) groups is 3. The molecule has 0 atom stereocenters. The van der Waals surface area contributed by atoms with Crippen LogP contribution >= 0.6 is 23.2 Å². The van der Waals surface area contributed by atoms with Crippen molar-refractivity contribution in [1.82, 2.24) is 4.90 Å². The molecule has 0 radical (unpaired) electrons. The topological polar surface area (TPSA) is 96.0 Å². The van der Waals surface area contributed by atoms with Gasteiger partial charge in [-0.2, -0.15) is 0 Å². The Bertz CT molecular complexity index is 1350. The van der Waals surface area contributed by atoms with E-state index in [0.717, 1.165) is 5.56 Å². The molecule has 204 valence electrons. The number of ether oxygens (including phenoxy) is 2. The van der Waals surface area contributed by atoms with Crippen molar-refractivity contribution in [2.45, 2.75) is 58.0 Å². The van der Waals surface area contributed by atoms with Gasteiger partial charge in [-0.3, -0.25) is 9.59 Å². The number of allylic oxidation sites excluding steroid dienone is 4.